The maximum absolute atomic E-state index is 12.7. The summed E-state index contributed by atoms with van der Waals surface area (Å²) in [6, 6.07) is 17.9. The second-order valence-corrected chi connectivity index (χ2v) is 6.04. The van der Waals surface area contributed by atoms with Crippen LogP contribution in [0.4, 0.5) is 11.6 Å². The molecule has 0 saturated carbocycles. The lowest BCUT2D eigenvalue weighted by Crippen LogP contribution is -2.30. The largest absolute Gasteiger partial charge is 0.335 e. The van der Waals surface area contributed by atoms with E-state index >= 15 is 0 Å². The molecular formula is C21H22N4O. The van der Waals surface area contributed by atoms with Gasteiger partial charge in [0.1, 0.15) is 0 Å². The topological polar surface area (TPSA) is 58.1 Å². The molecule has 0 saturated heterocycles. The molecule has 5 nitrogen and oxygen atoms in total. The summed E-state index contributed by atoms with van der Waals surface area (Å²) in [7, 11) is 0. The van der Waals surface area contributed by atoms with Crippen molar-refractivity contribution in [1.29, 1.82) is 0 Å². The van der Waals surface area contributed by atoms with Gasteiger partial charge in [-0.25, -0.2) is 9.97 Å². The van der Waals surface area contributed by atoms with E-state index in [1.165, 1.54) is 0 Å². The van der Waals surface area contributed by atoms with Crippen molar-refractivity contribution in [2.45, 2.75) is 20.4 Å². The second-order valence-electron chi connectivity index (χ2n) is 6.04. The highest BCUT2D eigenvalue weighted by Crippen LogP contribution is 2.17. The maximum atomic E-state index is 12.7. The molecule has 132 valence electrons. The molecule has 0 bridgehead atoms. The number of para-hydroxylation sites is 1. The first kappa shape index (κ1) is 17.6. The number of benzene rings is 2. The number of nitrogens with one attached hydrogen (secondary N) is 1. The van der Waals surface area contributed by atoms with Crippen LogP contribution in [-0.2, 0) is 6.54 Å². The number of carbonyl (C=O) groups excluding carboxylic acids is 1. The quantitative estimate of drug-likeness (QED) is 0.727. The molecule has 0 unspecified atom stereocenters. The second kappa shape index (κ2) is 8.25. The minimum absolute atomic E-state index is 0.0706. The lowest BCUT2D eigenvalue weighted by Gasteiger charge is -2.21. The Kier molecular flexibility index (Phi) is 5.59. The molecule has 0 aliphatic heterocycles. The van der Waals surface area contributed by atoms with Crippen molar-refractivity contribution < 1.29 is 4.79 Å². The third-order valence-electron chi connectivity index (χ3n) is 4.18. The molecule has 2 aromatic carbocycles. The zero-order chi connectivity index (χ0) is 18.4. The number of rotatable bonds is 6. The van der Waals surface area contributed by atoms with E-state index in [1.807, 2.05) is 68.4 Å². The maximum Gasteiger partial charge on any atom is 0.257 e. The number of anilines is 2. The fourth-order valence-electron chi connectivity index (χ4n) is 2.65. The summed E-state index contributed by atoms with van der Waals surface area (Å²) in [5.74, 6) is 0.403. The number of nitrogens with zero attached hydrogens (tertiary/aromatic N) is 3. The van der Waals surface area contributed by atoms with Crippen molar-refractivity contribution in [1.82, 2.24) is 14.9 Å². The fraction of sp³-hybridized carbons (Fsp3) is 0.190. The molecule has 1 heterocycles. The Labute approximate surface area is 153 Å². The van der Waals surface area contributed by atoms with E-state index in [0.29, 0.717) is 24.6 Å². The SMILES string of the molecule is CCN(Cc1ccccc1)C(=O)c1cnc(Nc2ccccc2C)nc1. The minimum atomic E-state index is -0.0706. The van der Waals surface area contributed by atoms with Crippen LogP contribution in [0.25, 0.3) is 0 Å². The molecule has 5 heteroatoms. The predicted molar refractivity (Wildman–Crippen MR) is 103 cm³/mol. The van der Waals surface area contributed by atoms with E-state index in [9.17, 15) is 4.79 Å². The van der Waals surface area contributed by atoms with Crippen LogP contribution < -0.4 is 5.32 Å². The summed E-state index contributed by atoms with van der Waals surface area (Å²) in [5.41, 5.74) is 3.64. The van der Waals surface area contributed by atoms with E-state index in [2.05, 4.69) is 15.3 Å². The molecule has 3 aromatic rings. The van der Waals surface area contributed by atoms with Gasteiger partial charge in [0.05, 0.1) is 5.56 Å². The van der Waals surface area contributed by atoms with Gasteiger partial charge in [0.15, 0.2) is 0 Å². The number of aryl methyl sites for hydroxylation is 1. The smallest absolute Gasteiger partial charge is 0.257 e. The summed E-state index contributed by atoms with van der Waals surface area (Å²) in [5, 5.41) is 3.17. The lowest BCUT2D eigenvalue weighted by molar-refractivity contribution is 0.0752. The highest BCUT2D eigenvalue weighted by atomic mass is 16.2. The molecule has 0 atom stereocenters. The van der Waals surface area contributed by atoms with Crippen molar-refractivity contribution in [3.63, 3.8) is 0 Å². The molecule has 0 radical (unpaired) electrons. The van der Waals surface area contributed by atoms with Crippen molar-refractivity contribution in [2.24, 2.45) is 0 Å². The van der Waals surface area contributed by atoms with Crippen LogP contribution in [0.2, 0.25) is 0 Å². The van der Waals surface area contributed by atoms with Crippen LogP contribution in [0.5, 0.6) is 0 Å². The third-order valence-corrected chi connectivity index (χ3v) is 4.18. The van der Waals surface area contributed by atoms with Gasteiger partial charge in [-0.3, -0.25) is 4.79 Å². The van der Waals surface area contributed by atoms with Gasteiger partial charge in [0, 0.05) is 31.2 Å². The monoisotopic (exact) mass is 346 g/mol. The Morgan fingerprint density at radius 3 is 2.31 bits per heavy atom. The Morgan fingerprint density at radius 2 is 1.65 bits per heavy atom. The molecule has 0 aliphatic carbocycles. The van der Waals surface area contributed by atoms with Crippen LogP contribution in [0.15, 0.2) is 67.0 Å². The molecule has 1 amide bonds. The minimum Gasteiger partial charge on any atom is -0.335 e. The Bertz CT molecular complexity index is 863. The van der Waals surface area contributed by atoms with E-state index in [1.54, 1.807) is 17.3 Å². The highest BCUT2D eigenvalue weighted by Gasteiger charge is 2.15. The van der Waals surface area contributed by atoms with Crippen LogP contribution in [0.3, 0.4) is 0 Å². The summed E-state index contributed by atoms with van der Waals surface area (Å²) in [6.45, 7) is 5.18. The molecule has 26 heavy (non-hydrogen) atoms. The van der Waals surface area contributed by atoms with Crippen molar-refractivity contribution in [3.8, 4) is 0 Å². The Morgan fingerprint density at radius 1 is 1.00 bits per heavy atom. The molecule has 0 spiro atoms. The van der Waals surface area contributed by atoms with Gasteiger partial charge >= 0.3 is 0 Å². The summed E-state index contributed by atoms with van der Waals surface area (Å²) in [4.78, 5) is 23.1. The lowest BCUT2D eigenvalue weighted by atomic mass is 10.2. The van der Waals surface area contributed by atoms with Gasteiger partial charge in [-0.15, -0.1) is 0 Å². The zero-order valence-electron chi connectivity index (χ0n) is 15.0. The summed E-state index contributed by atoms with van der Waals surface area (Å²) >= 11 is 0. The molecule has 1 aromatic heterocycles. The van der Waals surface area contributed by atoms with Gasteiger partial charge in [-0.05, 0) is 31.0 Å². The average molecular weight is 346 g/mol. The van der Waals surface area contributed by atoms with Gasteiger partial charge in [0.25, 0.3) is 5.91 Å². The molecule has 3 rings (SSSR count). The van der Waals surface area contributed by atoms with E-state index < -0.39 is 0 Å². The number of amides is 1. The van der Waals surface area contributed by atoms with Crippen molar-refractivity contribution in [3.05, 3.63) is 83.7 Å². The first-order valence-electron chi connectivity index (χ1n) is 8.65. The zero-order valence-corrected chi connectivity index (χ0v) is 15.0. The van der Waals surface area contributed by atoms with Gasteiger partial charge in [0.2, 0.25) is 5.95 Å². The molecule has 0 fully saturated rings. The normalized spacial score (nSPS) is 10.4. The highest BCUT2D eigenvalue weighted by molar-refractivity contribution is 5.93. The first-order valence-corrected chi connectivity index (χ1v) is 8.65. The van der Waals surface area contributed by atoms with Gasteiger partial charge < -0.3 is 10.2 Å². The molecular weight excluding hydrogens is 324 g/mol. The first-order chi connectivity index (χ1) is 12.7. The predicted octanol–water partition coefficient (Wildman–Crippen LogP) is 4.19. The molecule has 1 N–H and O–H groups in total. The van der Waals surface area contributed by atoms with Crippen LogP contribution in [-0.4, -0.2) is 27.3 Å². The van der Waals surface area contributed by atoms with E-state index in [4.69, 9.17) is 0 Å². The van der Waals surface area contributed by atoms with Crippen molar-refractivity contribution in [2.75, 3.05) is 11.9 Å². The number of hydrogen-bond donors (Lipinski definition) is 1. The van der Waals surface area contributed by atoms with Crippen LogP contribution >= 0.6 is 0 Å². The number of hydrogen-bond acceptors (Lipinski definition) is 4. The summed E-state index contributed by atoms with van der Waals surface area (Å²) in [6.07, 6.45) is 3.15. The summed E-state index contributed by atoms with van der Waals surface area (Å²) < 4.78 is 0. The fourth-order valence-corrected chi connectivity index (χ4v) is 2.65. The van der Waals surface area contributed by atoms with E-state index in [-0.39, 0.29) is 5.91 Å². The Balaban J connectivity index is 1.70. The van der Waals surface area contributed by atoms with Crippen LogP contribution in [0, 0.1) is 6.92 Å². The van der Waals surface area contributed by atoms with E-state index in [0.717, 1.165) is 16.8 Å². The number of carbonyl (C=O) groups is 1. The Hall–Kier alpha value is -3.21. The van der Waals surface area contributed by atoms with Crippen LogP contribution in [0.1, 0.15) is 28.4 Å². The standard InChI is InChI=1S/C21H22N4O/c1-3-25(15-17-10-5-4-6-11-17)20(26)18-13-22-21(23-14-18)24-19-12-8-7-9-16(19)2/h4-14H,3,15H2,1-2H3,(H,22,23,24). The van der Waals surface area contributed by atoms with Gasteiger partial charge in [-0.1, -0.05) is 48.5 Å². The number of aromatic nitrogens is 2. The third kappa shape index (κ3) is 4.25. The van der Waals surface area contributed by atoms with Gasteiger partial charge in [-0.2, -0.15) is 0 Å². The molecule has 0 aliphatic rings. The average Bonchev–Trinajstić information content (AvgIpc) is 2.69. The van der Waals surface area contributed by atoms with Crippen molar-refractivity contribution >= 4 is 17.5 Å².